The van der Waals surface area contributed by atoms with Crippen molar-refractivity contribution < 1.29 is 14.2 Å². The molecular weight excluding hydrogens is 246 g/mol. The van der Waals surface area contributed by atoms with Gasteiger partial charge in [-0.3, -0.25) is 4.90 Å². The highest BCUT2D eigenvalue weighted by Gasteiger charge is 2.43. The van der Waals surface area contributed by atoms with Crippen molar-refractivity contribution in [3.05, 3.63) is 17.8 Å². The van der Waals surface area contributed by atoms with E-state index in [1.165, 1.54) is 0 Å². The van der Waals surface area contributed by atoms with Crippen LogP contribution in [0.1, 0.15) is 12.1 Å². The van der Waals surface area contributed by atoms with Crippen LogP contribution in [0.5, 0.6) is 5.88 Å². The van der Waals surface area contributed by atoms with Crippen molar-refractivity contribution in [3.63, 3.8) is 0 Å². The molecule has 2 saturated heterocycles. The molecular formula is C13H19N3O3. The minimum Gasteiger partial charge on any atom is -0.480 e. The summed E-state index contributed by atoms with van der Waals surface area (Å²) in [5.41, 5.74) is 0.980. The first kappa shape index (κ1) is 12.8. The molecule has 0 aliphatic carbocycles. The number of aromatic nitrogens is 2. The molecule has 1 aromatic heterocycles. The van der Waals surface area contributed by atoms with Crippen molar-refractivity contribution in [2.45, 2.75) is 18.5 Å². The SMILES string of the molecule is COc1ccc(CN2CCOCC23CCOC3)nn1. The Morgan fingerprint density at radius 3 is 2.79 bits per heavy atom. The Balaban J connectivity index is 1.72. The molecule has 2 fully saturated rings. The van der Waals surface area contributed by atoms with Gasteiger partial charge in [-0.15, -0.1) is 5.10 Å². The Labute approximate surface area is 112 Å². The molecule has 6 heteroatoms. The van der Waals surface area contributed by atoms with Gasteiger partial charge in [0.25, 0.3) is 0 Å². The molecule has 1 atom stereocenters. The molecule has 0 bridgehead atoms. The first-order valence-corrected chi connectivity index (χ1v) is 6.60. The van der Waals surface area contributed by atoms with E-state index in [0.717, 1.165) is 51.6 Å². The summed E-state index contributed by atoms with van der Waals surface area (Å²) in [5.74, 6) is 0.546. The predicted molar refractivity (Wildman–Crippen MR) is 68.0 cm³/mol. The lowest BCUT2D eigenvalue weighted by Gasteiger charge is -2.43. The van der Waals surface area contributed by atoms with Gasteiger partial charge in [0.15, 0.2) is 0 Å². The van der Waals surface area contributed by atoms with Crippen molar-refractivity contribution in [3.8, 4) is 5.88 Å². The van der Waals surface area contributed by atoms with E-state index in [9.17, 15) is 0 Å². The number of hydrogen-bond acceptors (Lipinski definition) is 6. The van der Waals surface area contributed by atoms with Gasteiger partial charge in [-0.1, -0.05) is 0 Å². The predicted octanol–water partition coefficient (Wildman–Crippen LogP) is 0.476. The van der Waals surface area contributed by atoms with Gasteiger partial charge in [0.2, 0.25) is 5.88 Å². The van der Waals surface area contributed by atoms with Crippen LogP contribution in [0, 0.1) is 0 Å². The van der Waals surface area contributed by atoms with Gasteiger partial charge in [0.1, 0.15) is 0 Å². The third-order valence-corrected chi connectivity index (χ3v) is 3.89. The second-order valence-electron chi connectivity index (χ2n) is 5.07. The van der Waals surface area contributed by atoms with Gasteiger partial charge in [-0.2, -0.15) is 5.10 Å². The zero-order valence-corrected chi connectivity index (χ0v) is 11.2. The van der Waals surface area contributed by atoms with Gasteiger partial charge in [0.05, 0.1) is 38.2 Å². The van der Waals surface area contributed by atoms with Crippen LogP contribution in [0.2, 0.25) is 0 Å². The van der Waals surface area contributed by atoms with E-state index in [4.69, 9.17) is 14.2 Å². The van der Waals surface area contributed by atoms with Gasteiger partial charge in [-0.25, -0.2) is 0 Å². The van der Waals surface area contributed by atoms with Crippen molar-refractivity contribution in [1.82, 2.24) is 15.1 Å². The van der Waals surface area contributed by atoms with E-state index in [1.807, 2.05) is 12.1 Å². The van der Waals surface area contributed by atoms with Crippen LogP contribution in [0.15, 0.2) is 12.1 Å². The molecule has 3 heterocycles. The summed E-state index contributed by atoms with van der Waals surface area (Å²) in [7, 11) is 1.59. The summed E-state index contributed by atoms with van der Waals surface area (Å²) < 4.78 is 16.2. The van der Waals surface area contributed by atoms with Gasteiger partial charge >= 0.3 is 0 Å². The minimum atomic E-state index is 0.0276. The first-order chi connectivity index (χ1) is 9.32. The maximum Gasteiger partial charge on any atom is 0.233 e. The third kappa shape index (κ3) is 2.56. The van der Waals surface area contributed by atoms with Crippen LogP contribution in [0.4, 0.5) is 0 Å². The maximum absolute atomic E-state index is 5.63. The minimum absolute atomic E-state index is 0.0276. The number of methoxy groups -OCH3 is 1. The average Bonchev–Trinajstić information content (AvgIpc) is 2.92. The molecule has 0 N–H and O–H groups in total. The number of hydrogen-bond donors (Lipinski definition) is 0. The molecule has 104 valence electrons. The molecule has 1 unspecified atom stereocenters. The zero-order chi connectivity index (χ0) is 13.1. The second-order valence-corrected chi connectivity index (χ2v) is 5.07. The fraction of sp³-hybridized carbons (Fsp3) is 0.692. The summed E-state index contributed by atoms with van der Waals surface area (Å²) in [6, 6.07) is 3.81. The van der Waals surface area contributed by atoms with Crippen molar-refractivity contribution >= 4 is 0 Å². The first-order valence-electron chi connectivity index (χ1n) is 6.60. The van der Waals surface area contributed by atoms with Crippen LogP contribution in [0.3, 0.4) is 0 Å². The van der Waals surface area contributed by atoms with Gasteiger partial charge in [-0.05, 0) is 12.5 Å². The Morgan fingerprint density at radius 2 is 2.11 bits per heavy atom. The van der Waals surface area contributed by atoms with Crippen LogP contribution in [-0.2, 0) is 16.0 Å². The number of rotatable bonds is 3. The quantitative estimate of drug-likeness (QED) is 0.792. The second kappa shape index (κ2) is 5.40. The number of morpholine rings is 1. The van der Waals surface area contributed by atoms with Gasteiger partial charge < -0.3 is 14.2 Å². The van der Waals surface area contributed by atoms with E-state index in [1.54, 1.807) is 7.11 Å². The number of nitrogens with zero attached hydrogens (tertiary/aromatic N) is 3. The fourth-order valence-electron chi connectivity index (χ4n) is 2.71. The zero-order valence-electron chi connectivity index (χ0n) is 11.2. The Hall–Kier alpha value is -1.24. The molecule has 2 aliphatic heterocycles. The van der Waals surface area contributed by atoms with E-state index in [0.29, 0.717) is 5.88 Å². The highest BCUT2D eigenvalue weighted by Crippen LogP contribution is 2.30. The summed E-state index contributed by atoms with van der Waals surface area (Å²) in [6.45, 7) is 4.77. The number of ether oxygens (including phenoxy) is 3. The lowest BCUT2D eigenvalue weighted by atomic mass is 9.95. The van der Waals surface area contributed by atoms with E-state index in [-0.39, 0.29) is 5.54 Å². The van der Waals surface area contributed by atoms with Gasteiger partial charge in [0, 0.05) is 25.8 Å². The monoisotopic (exact) mass is 265 g/mol. The summed E-state index contributed by atoms with van der Waals surface area (Å²) in [5, 5.41) is 8.22. The fourth-order valence-corrected chi connectivity index (χ4v) is 2.71. The van der Waals surface area contributed by atoms with Crippen LogP contribution < -0.4 is 4.74 Å². The molecule has 1 spiro atoms. The molecule has 2 aliphatic rings. The van der Waals surface area contributed by atoms with E-state index in [2.05, 4.69) is 15.1 Å². The topological polar surface area (TPSA) is 56.7 Å². The van der Waals surface area contributed by atoms with E-state index >= 15 is 0 Å². The van der Waals surface area contributed by atoms with Crippen LogP contribution in [-0.4, -0.2) is 60.7 Å². The van der Waals surface area contributed by atoms with Crippen molar-refractivity contribution in [2.75, 3.05) is 40.1 Å². The summed E-state index contributed by atoms with van der Waals surface area (Å²) >= 11 is 0. The van der Waals surface area contributed by atoms with Crippen molar-refractivity contribution in [1.29, 1.82) is 0 Å². The van der Waals surface area contributed by atoms with Crippen molar-refractivity contribution in [2.24, 2.45) is 0 Å². The van der Waals surface area contributed by atoms with E-state index < -0.39 is 0 Å². The lowest BCUT2D eigenvalue weighted by Crippen LogP contribution is -2.57. The normalized spacial score (nSPS) is 27.8. The largest absolute Gasteiger partial charge is 0.480 e. The highest BCUT2D eigenvalue weighted by molar-refractivity contribution is 5.12. The molecule has 0 amide bonds. The highest BCUT2D eigenvalue weighted by atomic mass is 16.5. The standard InChI is InChI=1S/C13H19N3O3/c1-17-12-3-2-11(14-15-12)8-16-5-7-19-10-13(16)4-6-18-9-13/h2-3H,4-10H2,1H3. The molecule has 0 radical (unpaired) electrons. The maximum atomic E-state index is 5.63. The molecule has 3 rings (SSSR count). The smallest absolute Gasteiger partial charge is 0.233 e. The molecule has 1 aromatic rings. The molecule has 0 saturated carbocycles. The Morgan fingerprint density at radius 1 is 1.26 bits per heavy atom. The summed E-state index contributed by atoms with van der Waals surface area (Å²) in [6.07, 6.45) is 1.02. The average molecular weight is 265 g/mol. The van der Waals surface area contributed by atoms with Crippen LogP contribution in [0.25, 0.3) is 0 Å². The summed E-state index contributed by atoms with van der Waals surface area (Å²) in [4.78, 5) is 2.42. The Bertz CT molecular complexity index is 418. The lowest BCUT2D eigenvalue weighted by molar-refractivity contribution is -0.0755. The molecule has 19 heavy (non-hydrogen) atoms. The molecule has 0 aromatic carbocycles. The third-order valence-electron chi connectivity index (χ3n) is 3.89. The van der Waals surface area contributed by atoms with Crippen LogP contribution >= 0.6 is 0 Å². The Kier molecular flexibility index (Phi) is 3.63. The molecule has 6 nitrogen and oxygen atoms in total.